The Labute approximate surface area is 128 Å². The number of rotatable bonds is 7. The molecule has 0 saturated carbocycles. The van der Waals surface area contributed by atoms with Crippen LogP contribution in [0.1, 0.15) is 44.9 Å². The molecule has 0 bridgehead atoms. The lowest BCUT2D eigenvalue weighted by atomic mass is 9.95. The maximum absolute atomic E-state index is 5.18. The zero-order chi connectivity index (χ0) is 15.1. The molecule has 21 heavy (non-hydrogen) atoms. The van der Waals surface area contributed by atoms with Gasteiger partial charge in [-0.15, -0.1) is 0 Å². The Kier molecular flexibility index (Phi) is 6.46. The van der Waals surface area contributed by atoms with Crippen molar-refractivity contribution in [2.45, 2.75) is 45.6 Å². The summed E-state index contributed by atoms with van der Waals surface area (Å²) < 4.78 is 7.43. The predicted octanol–water partition coefficient (Wildman–Crippen LogP) is 3.07. The van der Waals surface area contributed by atoms with Gasteiger partial charge in [0.05, 0.1) is 6.61 Å². The molecular formula is C17H29N3O. The number of nitrogens with zero attached hydrogens (tertiary/aromatic N) is 3. The zero-order valence-electron chi connectivity index (χ0n) is 13.7. The molecule has 4 heteroatoms. The van der Waals surface area contributed by atoms with Crippen molar-refractivity contribution in [2.24, 2.45) is 0 Å². The molecule has 2 rings (SSSR count). The summed E-state index contributed by atoms with van der Waals surface area (Å²) in [5, 5.41) is 0. The van der Waals surface area contributed by atoms with Crippen LogP contribution in [-0.2, 0) is 11.3 Å². The van der Waals surface area contributed by atoms with Gasteiger partial charge in [-0.3, -0.25) is 0 Å². The monoisotopic (exact) mass is 291 g/mol. The lowest BCUT2D eigenvalue weighted by Gasteiger charge is -2.31. The van der Waals surface area contributed by atoms with Gasteiger partial charge in [0.15, 0.2) is 0 Å². The van der Waals surface area contributed by atoms with Gasteiger partial charge in [-0.05, 0) is 46.2 Å². The van der Waals surface area contributed by atoms with Gasteiger partial charge >= 0.3 is 0 Å². The Hall–Kier alpha value is -1.13. The Bertz CT molecular complexity index is 441. The maximum atomic E-state index is 5.18. The quantitative estimate of drug-likeness (QED) is 0.723. The van der Waals surface area contributed by atoms with Crippen molar-refractivity contribution in [3.8, 4) is 0 Å². The highest BCUT2D eigenvalue weighted by Gasteiger charge is 2.23. The molecule has 1 aromatic rings. The Morgan fingerprint density at radius 2 is 2.10 bits per heavy atom. The van der Waals surface area contributed by atoms with Gasteiger partial charge in [0.1, 0.15) is 5.82 Å². The normalized spacial score (nSPS) is 17.1. The van der Waals surface area contributed by atoms with Crippen molar-refractivity contribution in [1.82, 2.24) is 14.5 Å². The summed E-state index contributed by atoms with van der Waals surface area (Å²) in [5.41, 5.74) is 1.42. The number of methoxy groups -OCH3 is 1. The van der Waals surface area contributed by atoms with Crippen molar-refractivity contribution < 1.29 is 4.74 Å². The minimum atomic E-state index is 0.608. The molecule has 1 saturated heterocycles. The van der Waals surface area contributed by atoms with E-state index in [-0.39, 0.29) is 0 Å². The molecule has 1 aromatic heterocycles. The van der Waals surface area contributed by atoms with Gasteiger partial charge in [0.2, 0.25) is 0 Å². The van der Waals surface area contributed by atoms with Crippen LogP contribution in [0.15, 0.2) is 24.0 Å². The second-order valence-corrected chi connectivity index (χ2v) is 6.16. The molecule has 0 N–H and O–H groups in total. The summed E-state index contributed by atoms with van der Waals surface area (Å²) in [6, 6.07) is 0. The number of aromatic nitrogens is 2. The van der Waals surface area contributed by atoms with Crippen LogP contribution in [0.4, 0.5) is 0 Å². The van der Waals surface area contributed by atoms with Crippen LogP contribution in [0.25, 0.3) is 0 Å². The number of allylic oxidation sites excluding steroid dienone is 1. The number of ether oxygens (including phenoxy) is 1. The van der Waals surface area contributed by atoms with Crippen molar-refractivity contribution >= 4 is 0 Å². The van der Waals surface area contributed by atoms with Crippen LogP contribution >= 0.6 is 0 Å². The van der Waals surface area contributed by atoms with Crippen LogP contribution in [-0.4, -0.2) is 47.8 Å². The SMILES string of the molecule is COCCn1ccnc1C1CCN(CCC=C(C)C)CC1. The molecule has 0 amide bonds. The Balaban J connectivity index is 1.81. The van der Waals surface area contributed by atoms with E-state index >= 15 is 0 Å². The molecule has 0 unspecified atom stereocenters. The summed E-state index contributed by atoms with van der Waals surface area (Å²) in [6.07, 6.45) is 9.96. The third-order valence-electron chi connectivity index (χ3n) is 4.23. The molecule has 1 aliphatic rings. The van der Waals surface area contributed by atoms with E-state index in [4.69, 9.17) is 4.74 Å². The fourth-order valence-corrected chi connectivity index (χ4v) is 3.01. The van der Waals surface area contributed by atoms with Gasteiger partial charge in [-0.25, -0.2) is 4.98 Å². The molecule has 0 spiro atoms. The Morgan fingerprint density at radius 1 is 1.33 bits per heavy atom. The summed E-state index contributed by atoms with van der Waals surface area (Å²) in [6.45, 7) is 9.59. The van der Waals surface area contributed by atoms with Crippen LogP contribution in [0.2, 0.25) is 0 Å². The first-order chi connectivity index (χ1) is 10.2. The number of imidazole rings is 1. The lowest BCUT2D eigenvalue weighted by Crippen LogP contribution is -2.34. The van der Waals surface area contributed by atoms with Gasteiger partial charge in [-0.1, -0.05) is 11.6 Å². The van der Waals surface area contributed by atoms with Crippen LogP contribution in [0.5, 0.6) is 0 Å². The molecule has 2 heterocycles. The average molecular weight is 291 g/mol. The summed E-state index contributed by atoms with van der Waals surface area (Å²) in [7, 11) is 1.75. The molecule has 1 fully saturated rings. The van der Waals surface area contributed by atoms with Crippen molar-refractivity contribution in [3.05, 3.63) is 29.9 Å². The van der Waals surface area contributed by atoms with Crippen molar-refractivity contribution in [1.29, 1.82) is 0 Å². The first kappa shape index (κ1) is 16.2. The molecule has 118 valence electrons. The van der Waals surface area contributed by atoms with Crippen molar-refractivity contribution in [3.63, 3.8) is 0 Å². The topological polar surface area (TPSA) is 30.3 Å². The van der Waals surface area contributed by atoms with Crippen molar-refractivity contribution in [2.75, 3.05) is 33.4 Å². The minimum absolute atomic E-state index is 0.608. The van der Waals surface area contributed by atoms with E-state index in [1.807, 2.05) is 6.20 Å². The summed E-state index contributed by atoms with van der Waals surface area (Å²) in [4.78, 5) is 7.16. The summed E-state index contributed by atoms with van der Waals surface area (Å²) >= 11 is 0. The van der Waals surface area contributed by atoms with Crippen LogP contribution in [0, 0.1) is 0 Å². The number of hydrogen-bond acceptors (Lipinski definition) is 3. The number of hydrogen-bond donors (Lipinski definition) is 0. The van der Waals surface area contributed by atoms with Crippen LogP contribution < -0.4 is 0 Å². The molecule has 0 aromatic carbocycles. The maximum Gasteiger partial charge on any atom is 0.111 e. The smallest absolute Gasteiger partial charge is 0.111 e. The fourth-order valence-electron chi connectivity index (χ4n) is 3.01. The highest BCUT2D eigenvalue weighted by Crippen LogP contribution is 2.26. The highest BCUT2D eigenvalue weighted by molar-refractivity contribution is 5.03. The summed E-state index contributed by atoms with van der Waals surface area (Å²) in [5.74, 6) is 1.85. The van der Waals surface area contributed by atoms with E-state index in [1.165, 1.54) is 50.3 Å². The van der Waals surface area contributed by atoms with E-state index in [9.17, 15) is 0 Å². The number of likely N-dealkylation sites (tertiary alicyclic amines) is 1. The standard InChI is InChI=1S/C17H29N3O/c1-15(2)5-4-9-19-10-6-16(7-11-19)17-18-8-12-20(17)13-14-21-3/h5,8,12,16H,4,6-7,9-11,13-14H2,1-3H3. The predicted molar refractivity (Wildman–Crippen MR) is 86.6 cm³/mol. The second kappa shape index (κ2) is 8.35. The lowest BCUT2D eigenvalue weighted by molar-refractivity contribution is 0.182. The van der Waals surface area contributed by atoms with Gasteiger partial charge in [-0.2, -0.15) is 0 Å². The zero-order valence-corrected chi connectivity index (χ0v) is 13.7. The van der Waals surface area contributed by atoms with E-state index in [0.29, 0.717) is 5.92 Å². The first-order valence-electron chi connectivity index (χ1n) is 8.06. The van der Waals surface area contributed by atoms with Gasteiger partial charge < -0.3 is 14.2 Å². The van der Waals surface area contributed by atoms with Crippen LogP contribution in [0.3, 0.4) is 0 Å². The second-order valence-electron chi connectivity index (χ2n) is 6.16. The fraction of sp³-hybridized carbons (Fsp3) is 0.706. The third kappa shape index (κ3) is 4.97. The van der Waals surface area contributed by atoms with E-state index < -0.39 is 0 Å². The van der Waals surface area contributed by atoms with Gasteiger partial charge in [0.25, 0.3) is 0 Å². The molecule has 1 aliphatic heterocycles. The first-order valence-corrected chi connectivity index (χ1v) is 8.06. The molecule has 0 radical (unpaired) electrons. The molecule has 4 nitrogen and oxygen atoms in total. The molecule has 0 atom stereocenters. The molecular weight excluding hydrogens is 262 g/mol. The van der Waals surface area contributed by atoms with E-state index in [1.54, 1.807) is 7.11 Å². The minimum Gasteiger partial charge on any atom is -0.383 e. The van der Waals surface area contributed by atoms with E-state index in [0.717, 1.165) is 13.2 Å². The third-order valence-corrected chi connectivity index (χ3v) is 4.23. The van der Waals surface area contributed by atoms with E-state index in [2.05, 4.69) is 40.6 Å². The highest BCUT2D eigenvalue weighted by atomic mass is 16.5. The van der Waals surface area contributed by atoms with Gasteiger partial charge in [0, 0.05) is 38.5 Å². The molecule has 0 aliphatic carbocycles. The Morgan fingerprint density at radius 3 is 2.76 bits per heavy atom. The number of piperidine rings is 1. The average Bonchev–Trinajstić information content (AvgIpc) is 2.94. The largest absolute Gasteiger partial charge is 0.383 e.